The van der Waals surface area contributed by atoms with Crippen molar-refractivity contribution in [2.45, 2.75) is 12.3 Å². The monoisotopic (exact) mass is 304 g/mol. The molecule has 97 valence electrons. The average molecular weight is 305 g/mol. The minimum Gasteiger partial charge on any atom is -0.305 e. The molecule has 0 unspecified atom stereocenters. The summed E-state index contributed by atoms with van der Waals surface area (Å²) in [5, 5.41) is -0.0560. The zero-order valence-electron chi connectivity index (χ0n) is 9.42. The van der Waals surface area contributed by atoms with E-state index in [0.717, 1.165) is 12.3 Å². The average Bonchev–Trinajstić information content (AvgIpc) is 2.29. The van der Waals surface area contributed by atoms with Crippen LogP contribution in [0.5, 0.6) is 0 Å². The van der Waals surface area contributed by atoms with Crippen LogP contribution in [-0.2, 0) is 5.92 Å². The van der Waals surface area contributed by atoms with E-state index in [0.29, 0.717) is 0 Å². The van der Waals surface area contributed by atoms with Crippen molar-refractivity contribution in [3.8, 4) is 0 Å². The van der Waals surface area contributed by atoms with Crippen LogP contribution < -0.4 is 5.56 Å². The van der Waals surface area contributed by atoms with Gasteiger partial charge in [-0.3, -0.25) is 4.79 Å². The molecule has 0 aliphatic carbocycles. The summed E-state index contributed by atoms with van der Waals surface area (Å²) in [6.45, 7) is 0. The molecule has 1 radical (unpaired) electrons. The number of alkyl halides is 4. The summed E-state index contributed by atoms with van der Waals surface area (Å²) in [7, 11) is 0. The maximum absolute atomic E-state index is 13.0. The molecule has 0 atom stereocenters. The van der Waals surface area contributed by atoms with Gasteiger partial charge in [-0.15, -0.1) is 0 Å². The van der Waals surface area contributed by atoms with E-state index in [1.54, 1.807) is 4.98 Å². The fraction of sp³-hybridized carbons (Fsp3) is 0.222. The van der Waals surface area contributed by atoms with Gasteiger partial charge in [0.05, 0.1) is 10.4 Å². The molecule has 0 saturated heterocycles. The third-order valence-electron chi connectivity index (χ3n) is 2.12. The summed E-state index contributed by atoms with van der Waals surface area (Å²) >= 11 is 5.56. The maximum atomic E-state index is 13.0. The number of H-pyrrole nitrogens is 1. The number of nitrogens with one attached hydrogen (secondary N) is 1. The van der Waals surface area contributed by atoms with E-state index in [4.69, 9.17) is 11.6 Å². The van der Waals surface area contributed by atoms with Crippen molar-refractivity contribution in [1.82, 2.24) is 15.0 Å². The number of hydrogen-bond acceptors (Lipinski definition) is 3. The molecule has 0 spiro atoms. The van der Waals surface area contributed by atoms with E-state index >= 15 is 0 Å². The number of aromatic nitrogens is 3. The fourth-order valence-corrected chi connectivity index (χ4v) is 1.42. The SMILES string of the molecule is O=c1[nH]c(C(F)(F)C(F)F)nc2ncc(Cl)cc12.[Na]. The second-order valence-corrected chi connectivity index (χ2v) is 3.80. The standard InChI is InChI=1S/C9H4ClF4N3O.Na/c10-3-1-4-5(15-2-3)16-8(17-6(4)18)9(13,14)7(11)12;/h1-2,7H,(H,15,16,17,18);. The molecule has 0 amide bonds. The van der Waals surface area contributed by atoms with Crippen LogP contribution in [0.1, 0.15) is 5.82 Å². The number of rotatable bonds is 2. The molecule has 0 saturated carbocycles. The smallest absolute Gasteiger partial charge is 0.305 e. The van der Waals surface area contributed by atoms with Crippen molar-refractivity contribution in [3.63, 3.8) is 0 Å². The second kappa shape index (κ2) is 5.74. The Morgan fingerprint density at radius 2 is 2.00 bits per heavy atom. The Balaban J connectivity index is 0.00000180. The van der Waals surface area contributed by atoms with Crippen LogP contribution in [0.4, 0.5) is 17.6 Å². The van der Waals surface area contributed by atoms with E-state index < -0.39 is 23.7 Å². The molecule has 0 aliphatic rings. The van der Waals surface area contributed by atoms with Gasteiger partial charge in [0.1, 0.15) is 0 Å². The molecule has 0 aromatic carbocycles. The first-order valence-corrected chi connectivity index (χ1v) is 4.92. The Hall–Kier alpha value is -0.700. The van der Waals surface area contributed by atoms with Gasteiger partial charge in [-0.2, -0.15) is 8.78 Å². The first-order valence-electron chi connectivity index (χ1n) is 4.54. The Kier molecular flexibility index (Phi) is 4.94. The molecule has 2 rings (SSSR count). The number of fused-ring (bicyclic) bond motifs is 1. The molecule has 10 heteroatoms. The van der Waals surface area contributed by atoms with Crippen molar-refractivity contribution < 1.29 is 17.6 Å². The summed E-state index contributed by atoms with van der Waals surface area (Å²) < 4.78 is 50.3. The quantitative estimate of drug-likeness (QED) is 0.681. The second-order valence-electron chi connectivity index (χ2n) is 3.36. The van der Waals surface area contributed by atoms with Crippen LogP contribution in [0, 0.1) is 0 Å². The van der Waals surface area contributed by atoms with Gasteiger partial charge in [0.2, 0.25) is 0 Å². The van der Waals surface area contributed by atoms with E-state index in [1.807, 2.05) is 0 Å². The number of pyridine rings is 1. The predicted octanol–water partition coefficient (Wildman–Crippen LogP) is 1.95. The topological polar surface area (TPSA) is 58.6 Å². The van der Waals surface area contributed by atoms with Gasteiger partial charge in [-0.25, -0.2) is 18.7 Å². The maximum Gasteiger partial charge on any atom is 0.363 e. The zero-order chi connectivity index (χ0) is 13.5. The Bertz CT molecular complexity index is 663. The van der Waals surface area contributed by atoms with E-state index in [-0.39, 0.29) is 45.6 Å². The van der Waals surface area contributed by atoms with Crippen molar-refractivity contribution in [2.75, 3.05) is 0 Å². The molecule has 4 nitrogen and oxygen atoms in total. The van der Waals surface area contributed by atoms with Crippen LogP contribution in [0.3, 0.4) is 0 Å². The van der Waals surface area contributed by atoms with Crippen LogP contribution in [0.25, 0.3) is 11.0 Å². The Morgan fingerprint density at radius 1 is 1.37 bits per heavy atom. The predicted molar refractivity (Wildman–Crippen MR) is 60.8 cm³/mol. The summed E-state index contributed by atoms with van der Waals surface area (Å²) in [4.78, 5) is 19.8. The van der Waals surface area contributed by atoms with Crippen LogP contribution in [-0.4, -0.2) is 50.9 Å². The zero-order valence-corrected chi connectivity index (χ0v) is 12.2. The molecule has 2 aromatic rings. The molecule has 0 aliphatic heterocycles. The van der Waals surface area contributed by atoms with E-state index in [1.165, 1.54) is 0 Å². The fourth-order valence-electron chi connectivity index (χ4n) is 1.26. The Labute approximate surface area is 130 Å². The molecular formula is C9H4ClF4N3NaO. The number of nitrogens with zero attached hydrogens (tertiary/aromatic N) is 2. The van der Waals surface area contributed by atoms with Gasteiger partial charge < -0.3 is 4.98 Å². The minimum absolute atomic E-state index is 0. The van der Waals surface area contributed by atoms with E-state index in [9.17, 15) is 22.4 Å². The molecule has 0 bridgehead atoms. The molecule has 19 heavy (non-hydrogen) atoms. The normalized spacial score (nSPS) is 11.7. The molecular weight excluding hydrogens is 301 g/mol. The van der Waals surface area contributed by atoms with Crippen molar-refractivity contribution in [3.05, 3.63) is 33.5 Å². The largest absolute Gasteiger partial charge is 0.363 e. The van der Waals surface area contributed by atoms with Gasteiger partial charge in [-0.05, 0) is 6.07 Å². The summed E-state index contributed by atoms with van der Waals surface area (Å²) in [6, 6.07) is 1.15. The summed E-state index contributed by atoms with van der Waals surface area (Å²) in [5.41, 5.74) is -1.39. The van der Waals surface area contributed by atoms with Gasteiger partial charge in [0, 0.05) is 35.8 Å². The third-order valence-corrected chi connectivity index (χ3v) is 2.32. The summed E-state index contributed by atoms with van der Waals surface area (Å²) in [5.74, 6) is -5.97. The number of aromatic amines is 1. The van der Waals surface area contributed by atoms with Crippen LogP contribution >= 0.6 is 11.6 Å². The molecule has 1 N–H and O–H groups in total. The molecule has 2 aromatic heterocycles. The number of hydrogen-bond donors (Lipinski definition) is 1. The van der Waals surface area contributed by atoms with Gasteiger partial charge in [0.15, 0.2) is 11.5 Å². The summed E-state index contributed by atoms with van der Waals surface area (Å²) in [6.07, 6.45) is -2.91. The number of halogens is 5. The van der Waals surface area contributed by atoms with Gasteiger partial charge >= 0.3 is 12.3 Å². The van der Waals surface area contributed by atoms with Crippen LogP contribution in [0.2, 0.25) is 5.02 Å². The first-order chi connectivity index (χ1) is 8.32. The van der Waals surface area contributed by atoms with Gasteiger partial charge in [0.25, 0.3) is 5.56 Å². The van der Waals surface area contributed by atoms with Gasteiger partial charge in [-0.1, -0.05) is 11.6 Å². The van der Waals surface area contributed by atoms with E-state index in [2.05, 4.69) is 9.97 Å². The third kappa shape index (κ3) is 3.07. The minimum atomic E-state index is -4.55. The Morgan fingerprint density at radius 3 is 2.58 bits per heavy atom. The van der Waals surface area contributed by atoms with Crippen molar-refractivity contribution in [1.29, 1.82) is 0 Å². The first kappa shape index (κ1) is 16.4. The van der Waals surface area contributed by atoms with Crippen molar-refractivity contribution in [2.24, 2.45) is 0 Å². The van der Waals surface area contributed by atoms with Crippen LogP contribution in [0.15, 0.2) is 17.1 Å². The molecule has 2 heterocycles. The molecule has 0 fully saturated rings. The van der Waals surface area contributed by atoms with Crippen molar-refractivity contribution >= 4 is 52.2 Å².